The van der Waals surface area contributed by atoms with E-state index in [4.69, 9.17) is 9.47 Å². The zero-order valence-electron chi connectivity index (χ0n) is 14.3. The van der Waals surface area contributed by atoms with Crippen molar-refractivity contribution >= 4 is 27.8 Å². The Hall–Kier alpha value is -3.46. The van der Waals surface area contributed by atoms with E-state index in [2.05, 4.69) is 47.4 Å². The van der Waals surface area contributed by atoms with Gasteiger partial charge in [0.1, 0.15) is 5.75 Å². The molecule has 0 aliphatic carbocycles. The largest absolute Gasteiger partial charge is 0.497 e. The van der Waals surface area contributed by atoms with Gasteiger partial charge in [-0.15, -0.1) is 0 Å². The summed E-state index contributed by atoms with van der Waals surface area (Å²) in [6.45, 7) is 0. The number of para-hydroxylation sites is 4. The summed E-state index contributed by atoms with van der Waals surface area (Å²) in [5.41, 5.74) is 3.18. The lowest BCUT2D eigenvalue weighted by Gasteiger charge is -2.32. The van der Waals surface area contributed by atoms with Crippen LogP contribution in [0.25, 0.3) is 10.8 Å². The number of fused-ring (bicyclic) bond motifs is 3. The van der Waals surface area contributed by atoms with Gasteiger partial charge >= 0.3 is 0 Å². The molecule has 0 bridgehead atoms. The Bertz CT molecular complexity index is 1070. The summed E-state index contributed by atoms with van der Waals surface area (Å²) >= 11 is 0. The highest BCUT2D eigenvalue weighted by Gasteiger charge is 2.25. The molecular weight excluding hydrogens is 322 g/mol. The van der Waals surface area contributed by atoms with Crippen LogP contribution < -0.4 is 14.4 Å². The smallest absolute Gasteiger partial charge is 0.151 e. The fourth-order valence-electron chi connectivity index (χ4n) is 3.46. The molecule has 0 unspecified atom stereocenters. The summed E-state index contributed by atoms with van der Waals surface area (Å²) in [5, 5.41) is 2.33. The highest BCUT2D eigenvalue weighted by molar-refractivity contribution is 5.92. The van der Waals surface area contributed by atoms with E-state index in [1.54, 1.807) is 7.11 Å². The maximum absolute atomic E-state index is 6.09. The SMILES string of the molecule is COc1ccc2cc(N3c4ccccc4Oc4ccccc43)ccc2c1. The van der Waals surface area contributed by atoms with Gasteiger partial charge in [-0.05, 0) is 59.3 Å². The molecule has 0 aromatic heterocycles. The van der Waals surface area contributed by atoms with Crippen LogP contribution in [0.4, 0.5) is 17.1 Å². The van der Waals surface area contributed by atoms with E-state index < -0.39 is 0 Å². The minimum Gasteiger partial charge on any atom is -0.497 e. The first-order chi connectivity index (χ1) is 12.8. The van der Waals surface area contributed by atoms with Crippen LogP contribution in [0.2, 0.25) is 0 Å². The highest BCUT2D eigenvalue weighted by Crippen LogP contribution is 2.50. The molecule has 0 atom stereocenters. The predicted molar refractivity (Wildman–Crippen MR) is 105 cm³/mol. The number of ether oxygens (including phenoxy) is 2. The summed E-state index contributed by atoms with van der Waals surface area (Å²) < 4.78 is 11.4. The highest BCUT2D eigenvalue weighted by atomic mass is 16.5. The Kier molecular flexibility index (Phi) is 3.32. The molecule has 1 aliphatic rings. The van der Waals surface area contributed by atoms with Crippen molar-refractivity contribution in [2.24, 2.45) is 0 Å². The second kappa shape index (κ2) is 5.81. The Balaban J connectivity index is 1.71. The van der Waals surface area contributed by atoms with Crippen LogP contribution in [0, 0.1) is 0 Å². The first-order valence-corrected chi connectivity index (χ1v) is 8.57. The third-order valence-corrected chi connectivity index (χ3v) is 4.72. The van der Waals surface area contributed by atoms with E-state index in [9.17, 15) is 0 Å². The molecule has 126 valence electrons. The van der Waals surface area contributed by atoms with Crippen LogP contribution in [0.15, 0.2) is 84.9 Å². The van der Waals surface area contributed by atoms with Gasteiger partial charge in [0, 0.05) is 5.69 Å². The molecule has 4 aromatic rings. The normalized spacial score (nSPS) is 12.3. The molecule has 1 heterocycles. The van der Waals surface area contributed by atoms with E-state index in [0.717, 1.165) is 39.7 Å². The van der Waals surface area contributed by atoms with Crippen LogP contribution in [-0.4, -0.2) is 7.11 Å². The van der Waals surface area contributed by atoms with E-state index in [0.29, 0.717) is 0 Å². The zero-order chi connectivity index (χ0) is 17.5. The number of anilines is 3. The maximum Gasteiger partial charge on any atom is 0.151 e. The number of methoxy groups -OCH3 is 1. The average Bonchev–Trinajstić information content (AvgIpc) is 2.71. The van der Waals surface area contributed by atoms with Gasteiger partial charge in [-0.1, -0.05) is 36.4 Å². The predicted octanol–water partition coefficient (Wildman–Crippen LogP) is 6.42. The Morgan fingerprint density at radius 3 is 2.00 bits per heavy atom. The minimum absolute atomic E-state index is 0.862. The molecule has 0 saturated heterocycles. The number of hydrogen-bond donors (Lipinski definition) is 0. The van der Waals surface area contributed by atoms with Crippen molar-refractivity contribution in [1.82, 2.24) is 0 Å². The lowest BCUT2D eigenvalue weighted by atomic mass is 10.1. The summed E-state index contributed by atoms with van der Waals surface area (Å²) in [6, 6.07) is 28.9. The van der Waals surface area contributed by atoms with Crippen molar-refractivity contribution in [1.29, 1.82) is 0 Å². The monoisotopic (exact) mass is 339 g/mol. The van der Waals surface area contributed by atoms with Gasteiger partial charge in [0.05, 0.1) is 18.5 Å². The van der Waals surface area contributed by atoms with Gasteiger partial charge < -0.3 is 14.4 Å². The van der Waals surface area contributed by atoms with Crippen LogP contribution in [0.1, 0.15) is 0 Å². The average molecular weight is 339 g/mol. The summed E-state index contributed by atoms with van der Waals surface area (Å²) in [4.78, 5) is 2.25. The Labute approximate surface area is 152 Å². The van der Waals surface area contributed by atoms with E-state index in [1.165, 1.54) is 5.39 Å². The van der Waals surface area contributed by atoms with Crippen molar-refractivity contribution in [3.63, 3.8) is 0 Å². The Morgan fingerprint density at radius 2 is 1.31 bits per heavy atom. The van der Waals surface area contributed by atoms with Crippen LogP contribution in [0.5, 0.6) is 17.2 Å². The van der Waals surface area contributed by atoms with Crippen LogP contribution >= 0.6 is 0 Å². The van der Waals surface area contributed by atoms with Gasteiger partial charge in [-0.3, -0.25) is 0 Å². The van der Waals surface area contributed by atoms with Crippen molar-refractivity contribution in [3.8, 4) is 17.2 Å². The summed E-state index contributed by atoms with van der Waals surface area (Å²) in [5.74, 6) is 2.59. The second-order valence-corrected chi connectivity index (χ2v) is 6.27. The van der Waals surface area contributed by atoms with E-state index in [-0.39, 0.29) is 0 Å². The fraction of sp³-hybridized carbons (Fsp3) is 0.0435. The molecule has 0 spiro atoms. The molecular formula is C23H17NO2. The molecule has 4 aromatic carbocycles. The van der Waals surface area contributed by atoms with Gasteiger partial charge in [0.2, 0.25) is 0 Å². The maximum atomic E-state index is 6.09. The second-order valence-electron chi connectivity index (χ2n) is 6.27. The van der Waals surface area contributed by atoms with Crippen molar-refractivity contribution in [2.45, 2.75) is 0 Å². The van der Waals surface area contributed by atoms with Gasteiger partial charge in [-0.25, -0.2) is 0 Å². The molecule has 5 rings (SSSR count). The zero-order valence-corrected chi connectivity index (χ0v) is 14.3. The third-order valence-electron chi connectivity index (χ3n) is 4.72. The fourth-order valence-corrected chi connectivity index (χ4v) is 3.46. The molecule has 0 fully saturated rings. The molecule has 0 N–H and O–H groups in total. The lowest BCUT2D eigenvalue weighted by molar-refractivity contribution is 0.415. The lowest BCUT2D eigenvalue weighted by Crippen LogP contribution is -2.15. The molecule has 0 radical (unpaired) electrons. The number of benzene rings is 4. The topological polar surface area (TPSA) is 21.7 Å². The molecule has 26 heavy (non-hydrogen) atoms. The third kappa shape index (κ3) is 2.29. The number of nitrogens with zero attached hydrogens (tertiary/aromatic N) is 1. The molecule has 0 amide bonds. The van der Waals surface area contributed by atoms with Crippen molar-refractivity contribution < 1.29 is 9.47 Å². The summed E-state index contributed by atoms with van der Waals surface area (Å²) in [6.07, 6.45) is 0. The van der Waals surface area contributed by atoms with Crippen molar-refractivity contribution in [3.05, 3.63) is 84.9 Å². The molecule has 0 saturated carbocycles. The summed E-state index contributed by atoms with van der Waals surface area (Å²) in [7, 11) is 1.69. The van der Waals surface area contributed by atoms with E-state index >= 15 is 0 Å². The molecule has 3 heteroatoms. The van der Waals surface area contributed by atoms with Gasteiger partial charge in [0.15, 0.2) is 11.5 Å². The van der Waals surface area contributed by atoms with E-state index in [1.807, 2.05) is 42.5 Å². The number of rotatable bonds is 2. The van der Waals surface area contributed by atoms with Crippen molar-refractivity contribution in [2.75, 3.05) is 12.0 Å². The van der Waals surface area contributed by atoms with Gasteiger partial charge in [0.25, 0.3) is 0 Å². The molecule has 1 aliphatic heterocycles. The standard InChI is InChI=1S/C23H17NO2/c1-25-19-13-11-16-14-18(12-10-17(16)15-19)24-20-6-2-4-8-22(20)26-23-9-5-3-7-21(23)24/h2-15H,1H3. The minimum atomic E-state index is 0.862. The first kappa shape index (κ1) is 14.8. The van der Waals surface area contributed by atoms with Gasteiger partial charge in [-0.2, -0.15) is 0 Å². The first-order valence-electron chi connectivity index (χ1n) is 8.57. The molecule has 3 nitrogen and oxygen atoms in total. The quantitative estimate of drug-likeness (QED) is 0.370. The van der Waals surface area contributed by atoms with Crippen LogP contribution in [-0.2, 0) is 0 Å². The number of hydrogen-bond acceptors (Lipinski definition) is 3. The van der Waals surface area contributed by atoms with Crippen LogP contribution in [0.3, 0.4) is 0 Å². The Morgan fingerprint density at radius 1 is 0.692 bits per heavy atom.